The van der Waals surface area contributed by atoms with E-state index in [1.165, 1.54) is 0 Å². The summed E-state index contributed by atoms with van der Waals surface area (Å²) in [5.41, 5.74) is 0. The highest BCUT2D eigenvalue weighted by Gasteiger charge is 2.99. The van der Waals surface area contributed by atoms with Gasteiger partial charge in [0.1, 0.15) is 0 Å². The van der Waals surface area contributed by atoms with E-state index in [2.05, 4.69) is 0 Å². The molecule has 0 aliphatic carbocycles. The minimum absolute atomic E-state index is 0.393. The van der Waals surface area contributed by atoms with E-state index in [0.717, 1.165) is 6.92 Å². The Kier molecular flexibility index (Phi) is 9.79. The number of hydrogen-bond donors (Lipinski definition) is 0. The van der Waals surface area contributed by atoms with Crippen LogP contribution < -0.4 is 0 Å². The summed E-state index contributed by atoms with van der Waals surface area (Å²) in [6.45, 7) is 0.932. The molecule has 0 saturated heterocycles. The van der Waals surface area contributed by atoms with Gasteiger partial charge in [0.05, 0.1) is 0 Å². The van der Waals surface area contributed by atoms with Crippen LogP contribution >= 0.6 is 0 Å². The molecule has 0 aliphatic heterocycles. The van der Waals surface area contributed by atoms with Crippen molar-refractivity contribution in [1.82, 2.24) is 0 Å². The predicted octanol–water partition coefficient (Wildman–Crippen LogP) is 9.89. The first-order valence-electron chi connectivity index (χ1n) is 9.65. The Balaban J connectivity index is 7.24. The lowest BCUT2D eigenvalue weighted by Crippen LogP contribution is -2.78. The van der Waals surface area contributed by atoms with Crippen LogP contribution in [0, 0.1) is 0 Å². The fourth-order valence-electron chi connectivity index (χ4n) is 2.57. The van der Waals surface area contributed by atoms with Gasteiger partial charge in [-0.05, 0) is 13.3 Å². The number of halogens is 25. The fourth-order valence-corrected chi connectivity index (χ4v) is 2.57. The molecule has 0 saturated carbocycles. The molecule has 0 fully saturated rings. The zero-order chi connectivity index (χ0) is 34.8. The second-order valence-electron chi connectivity index (χ2n) is 8.05. The largest absolute Gasteiger partial charge is 0.460 e. The third kappa shape index (κ3) is 4.90. The van der Waals surface area contributed by atoms with Crippen molar-refractivity contribution >= 4 is 0 Å². The van der Waals surface area contributed by atoms with E-state index in [9.17, 15) is 110 Å². The zero-order valence-corrected chi connectivity index (χ0v) is 19.0. The molecule has 0 bridgehead atoms. The van der Waals surface area contributed by atoms with Gasteiger partial charge in [0.25, 0.3) is 0 Å². The van der Waals surface area contributed by atoms with Crippen LogP contribution in [-0.4, -0.2) is 71.3 Å². The predicted molar refractivity (Wildman–Crippen MR) is 84.5 cm³/mol. The molecule has 0 aromatic heterocycles. The molecule has 42 heavy (non-hydrogen) atoms. The normalized spacial score (nSPS) is 16.9. The van der Waals surface area contributed by atoms with Crippen LogP contribution in [0.5, 0.6) is 0 Å². The molecule has 0 heterocycles. The van der Waals surface area contributed by atoms with Crippen molar-refractivity contribution in [3.63, 3.8) is 0 Å². The van der Waals surface area contributed by atoms with Gasteiger partial charge in [-0.2, -0.15) is 110 Å². The summed E-state index contributed by atoms with van der Waals surface area (Å²) >= 11 is 0. The molecule has 0 aromatic rings. The number of alkyl halides is 25. The van der Waals surface area contributed by atoms with E-state index in [0.29, 0.717) is 12.2 Å². The maximum absolute atomic E-state index is 13.7. The average Bonchev–Trinajstić information content (AvgIpc) is 2.76. The average molecular weight is 688 g/mol. The molecule has 0 nitrogen and oxygen atoms in total. The third-order valence-corrected chi connectivity index (χ3v) is 5.23. The standard InChI is InChI=1S/C17H9F25/c1-2-3-4-5-6(18,19)7(20,21)8(22,23)9(24,25)10(26,27)11(28,29)12(30,31)13(32,33)14(34,35)15(36,37)16(38,39)17(40,41)42/h2-3H,4-5H2,1H3. The molecule has 0 amide bonds. The zero-order valence-electron chi connectivity index (χ0n) is 19.0. The van der Waals surface area contributed by atoms with E-state index < -0.39 is 84.2 Å². The molecule has 0 radical (unpaired) electrons. The quantitative estimate of drug-likeness (QED) is 0.134. The molecule has 0 aliphatic rings. The molecule has 0 aromatic carbocycles. The van der Waals surface area contributed by atoms with Crippen molar-refractivity contribution in [2.45, 2.75) is 91.1 Å². The summed E-state index contributed by atoms with van der Waals surface area (Å²) < 4.78 is 332. The van der Waals surface area contributed by atoms with Crippen molar-refractivity contribution in [3.05, 3.63) is 12.2 Å². The highest BCUT2D eigenvalue weighted by atomic mass is 19.4. The first-order valence-corrected chi connectivity index (χ1v) is 9.65. The Morgan fingerprint density at radius 3 is 0.762 bits per heavy atom. The first-order chi connectivity index (χ1) is 17.8. The molecule has 0 unspecified atom stereocenters. The SMILES string of the molecule is CC=CCCC(F)(F)C(F)(F)C(F)(F)C(F)(F)C(F)(F)C(F)(F)C(F)(F)C(F)(F)C(F)(F)C(F)(F)C(F)(F)C(F)(F)F. The topological polar surface area (TPSA) is 0 Å². The van der Waals surface area contributed by atoms with Crippen LogP contribution in [0.1, 0.15) is 19.8 Å². The third-order valence-electron chi connectivity index (χ3n) is 5.23. The lowest BCUT2D eigenvalue weighted by molar-refractivity contribution is -0.482. The number of hydrogen-bond acceptors (Lipinski definition) is 0. The molecular formula is C17H9F25. The van der Waals surface area contributed by atoms with Gasteiger partial charge >= 0.3 is 71.3 Å². The van der Waals surface area contributed by atoms with Crippen molar-refractivity contribution in [1.29, 1.82) is 0 Å². The highest BCUT2D eigenvalue weighted by molar-refractivity contribution is 5.19. The molecule has 0 N–H and O–H groups in total. The van der Waals surface area contributed by atoms with Crippen LogP contribution in [0.25, 0.3) is 0 Å². The Morgan fingerprint density at radius 1 is 0.333 bits per heavy atom. The summed E-state index contributed by atoms with van der Waals surface area (Å²) in [6, 6.07) is 0. The lowest BCUT2D eigenvalue weighted by atomic mass is 9.84. The maximum atomic E-state index is 13.7. The molecule has 0 spiro atoms. The summed E-state index contributed by atoms with van der Waals surface area (Å²) in [5.74, 6) is -97.7. The van der Waals surface area contributed by atoms with Crippen LogP contribution in [0.2, 0.25) is 0 Å². The molecule has 252 valence electrons. The van der Waals surface area contributed by atoms with Crippen LogP contribution in [-0.2, 0) is 0 Å². The van der Waals surface area contributed by atoms with Gasteiger partial charge in [-0.3, -0.25) is 0 Å². The van der Waals surface area contributed by atoms with Gasteiger partial charge in [0, 0.05) is 6.42 Å². The van der Waals surface area contributed by atoms with Gasteiger partial charge in [-0.25, -0.2) is 0 Å². The van der Waals surface area contributed by atoms with E-state index in [4.69, 9.17) is 0 Å². The van der Waals surface area contributed by atoms with Crippen molar-refractivity contribution in [2.24, 2.45) is 0 Å². The monoisotopic (exact) mass is 688 g/mol. The van der Waals surface area contributed by atoms with Crippen molar-refractivity contribution < 1.29 is 110 Å². The molecule has 0 atom stereocenters. The molecule has 0 rings (SSSR count). The van der Waals surface area contributed by atoms with Crippen molar-refractivity contribution in [3.8, 4) is 0 Å². The van der Waals surface area contributed by atoms with E-state index in [-0.39, 0.29) is 0 Å². The summed E-state index contributed by atoms with van der Waals surface area (Å²) in [5, 5.41) is 0. The Bertz CT molecular complexity index is 979. The van der Waals surface area contributed by atoms with E-state index >= 15 is 0 Å². The minimum Gasteiger partial charge on any atom is -0.200 e. The van der Waals surface area contributed by atoms with E-state index in [1.807, 2.05) is 0 Å². The van der Waals surface area contributed by atoms with Gasteiger partial charge in [-0.1, -0.05) is 12.2 Å². The Hall–Kier alpha value is -2.01. The second kappa shape index (κ2) is 10.3. The highest BCUT2D eigenvalue weighted by Crippen LogP contribution is 2.67. The van der Waals surface area contributed by atoms with Gasteiger partial charge < -0.3 is 0 Å². The Labute approximate surface area is 214 Å². The summed E-state index contributed by atoms with van der Waals surface area (Å²) in [6.07, 6.45) is -11.3. The second-order valence-corrected chi connectivity index (χ2v) is 8.05. The van der Waals surface area contributed by atoms with Crippen LogP contribution in [0.4, 0.5) is 110 Å². The molecular weight excluding hydrogens is 679 g/mol. The van der Waals surface area contributed by atoms with Gasteiger partial charge in [0.15, 0.2) is 0 Å². The summed E-state index contributed by atoms with van der Waals surface area (Å²) in [7, 11) is 0. The fraction of sp³-hybridized carbons (Fsp3) is 0.882. The van der Waals surface area contributed by atoms with Gasteiger partial charge in [-0.15, -0.1) is 0 Å². The van der Waals surface area contributed by atoms with Gasteiger partial charge in [0.2, 0.25) is 0 Å². The van der Waals surface area contributed by atoms with Crippen molar-refractivity contribution in [2.75, 3.05) is 0 Å². The Morgan fingerprint density at radius 2 is 0.548 bits per heavy atom. The van der Waals surface area contributed by atoms with E-state index in [1.54, 1.807) is 0 Å². The first kappa shape index (κ1) is 40.0. The smallest absolute Gasteiger partial charge is 0.200 e. The number of allylic oxidation sites excluding steroid dienone is 2. The summed E-state index contributed by atoms with van der Waals surface area (Å²) in [4.78, 5) is 0. The van der Waals surface area contributed by atoms with Crippen LogP contribution in [0.3, 0.4) is 0 Å². The number of rotatable bonds is 13. The molecule has 25 heteroatoms. The lowest BCUT2D eigenvalue weighted by Gasteiger charge is -2.45. The van der Waals surface area contributed by atoms with Crippen LogP contribution in [0.15, 0.2) is 12.2 Å². The maximum Gasteiger partial charge on any atom is 0.460 e. The minimum atomic E-state index is -9.57.